The Morgan fingerprint density at radius 1 is 1.00 bits per heavy atom. The standard InChI is InChI=1S/C17H18F2O/c1-11-7-8-13(9-12(11)2)17(3,20)10-14-15(18)5-4-6-16(14)19/h4-9,20H,10H2,1-3H3. The van der Waals surface area contributed by atoms with Crippen LogP contribution in [0.3, 0.4) is 0 Å². The molecule has 2 aromatic rings. The summed E-state index contributed by atoms with van der Waals surface area (Å²) in [5, 5.41) is 10.6. The highest BCUT2D eigenvalue weighted by Gasteiger charge is 2.27. The first-order chi connectivity index (χ1) is 9.31. The van der Waals surface area contributed by atoms with Crippen LogP contribution in [0.4, 0.5) is 8.78 Å². The van der Waals surface area contributed by atoms with E-state index in [1.165, 1.54) is 18.2 Å². The lowest BCUT2D eigenvalue weighted by Crippen LogP contribution is -2.25. The molecule has 0 aromatic heterocycles. The zero-order valence-corrected chi connectivity index (χ0v) is 11.9. The van der Waals surface area contributed by atoms with E-state index < -0.39 is 17.2 Å². The fourth-order valence-corrected chi connectivity index (χ4v) is 2.22. The van der Waals surface area contributed by atoms with E-state index in [1.54, 1.807) is 13.0 Å². The van der Waals surface area contributed by atoms with Crippen molar-refractivity contribution in [3.8, 4) is 0 Å². The van der Waals surface area contributed by atoms with Gasteiger partial charge in [-0.1, -0.05) is 24.3 Å². The number of benzene rings is 2. The predicted octanol–water partition coefficient (Wildman–Crippen LogP) is 4.03. The maximum Gasteiger partial charge on any atom is 0.129 e. The van der Waals surface area contributed by atoms with Gasteiger partial charge in [-0.15, -0.1) is 0 Å². The van der Waals surface area contributed by atoms with Crippen LogP contribution in [-0.2, 0) is 12.0 Å². The monoisotopic (exact) mass is 276 g/mol. The fourth-order valence-electron chi connectivity index (χ4n) is 2.22. The lowest BCUT2D eigenvalue weighted by Gasteiger charge is -2.25. The van der Waals surface area contributed by atoms with Crippen LogP contribution < -0.4 is 0 Å². The van der Waals surface area contributed by atoms with Gasteiger partial charge in [0.05, 0.1) is 5.60 Å². The minimum absolute atomic E-state index is 0.0873. The molecular formula is C17H18F2O. The number of hydrogen-bond donors (Lipinski definition) is 1. The van der Waals surface area contributed by atoms with E-state index >= 15 is 0 Å². The van der Waals surface area contributed by atoms with Crippen LogP contribution in [0, 0.1) is 25.5 Å². The molecule has 0 aliphatic carbocycles. The third kappa shape index (κ3) is 2.88. The minimum Gasteiger partial charge on any atom is -0.385 e. The maximum absolute atomic E-state index is 13.7. The first kappa shape index (κ1) is 14.7. The third-order valence-electron chi connectivity index (χ3n) is 3.71. The highest BCUT2D eigenvalue weighted by atomic mass is 19.1. The Kier molecular flexibility index (Phi) is 3.91. The Hall–Kier alpha value is -1.74. The zero-order chi connectivity index (χ0) is 14.9. The Bertz CT molecular complexity index is 613. The Balaban J connectivity index is 2.37. The largest absolute Gasteiger partial charge is 0.385 e. The van der Waals surface area contributed by atoms with Gasteiger partial charge in [0.1, 0.15) is 11.6 Å². The summed E-state index contributed by atoms with van der Waals surface area (Å²) in [4.78, 5) is 0. The number of hydrogen-bond acceptors (Lipinski definition) is 1. The molecule has 1 atom stereocenters. The van der Waals surface area contributed by atoms with E-state index in [4.69, 9.17) is 0 Å². The Labute approximate surface area is 117 Å². The molecule has 0 spiro atoms. The zero-order valence-electron chi connectivity index (χ0n) is 11.9. The van der Waals surface area contributed by atoms with Crippen LogP contribution in [0.2, 0.25) is 0 Å². The van der Waals surface area contributed by atoms with E-state index in [1.807, 2.05) is 26.0 Å². The molecule has 1 unspecified atom stereocenters. The topological polar surface area (TPSA) is 20.2 Å². The van der Waals surface area contributed by atoms with Crippen molar-refractivity contribution in [1.29, 1.82) is 0 Å². The number of rotatable bonds is 3. The molecule has 1 nitrogen and oxygen atoms in total. The SMILES string of the molecule is Cc1ccc(C(C)(O)Cc2c(F)cccc2F)cc1C. The Morgan fingerprint density at radius 3 is 2.15 bits per heavy atom. The Morgan fingerprint density at radius 2 is 1.60 bits per heavy atom. The van der Waals surface area contributed by atoms with Gasteiger partial charge in [-0.3, -0.25) is 0 Å². The van der Waals surface area contributed by atoms with Crippen LogP contribution in [0.5, 0.6) is 0 Å². The number of halogens is 2. The normalized spacial score (nSPS) is 14.1. The molecule has 2 aromatic carbocycles. The van der Waals surface area contributed by atoms with E-state index in [-0.39, 0.29) is 12.0 Å². The molecule has 3 heteroatoms. The summed E-state index contributed by atoms with van der Waals surface area (Å²) in [5.41, 5.74) is 1.40. The predicted molar refractivity (Wildman–Crippen MR) is 75.5 cm³/mol. The lowest BCUT2D eigenvalue weighted by atomic mass is 9.87. The second-order valence-electron chi connectivity index (χ2n) is 5.45. The highest BCUT2D eigenvalue weighted by Crippen LogP contribution is 2.29. The first-order valence-electron chi connectivity index (χ1n) is 6.54. The minimum atomic E-state index is -1.32. The molecule has 0 saturated heterocycles. The van der Waals surface area contributed by atoms with E-state index in [2.05, 4.69) is 0 Å². The second kappa shape index (κ2) is 5.33. The lowest BCUT2D eigenvalue weighted by molar-refractivity contribution is 0.0556. The molecule has 0 radical (unpaired) electrons. The van der Waals surface area contributed by atoms with Crippen molar-refractivity contribution in [1.82, 2.24) is 0 Å². The van der Waals surface area contributed by atoms with Gasteiger partial charge >= 0.3 is 0 Å². The summed E-state index contributed by atoms with van der Waals surface area (Å²) in [7, 11) is 0. The summed E-state index contributed by atoms with van der Waals surface area (Å²) in [6.07, 6.45) is -0.103. The van der Waals surface area contributed by atoms with Crippen LogP contribution in [0.15, 0.2) is 36.4 Å². The van der Waals surface area contributed by atoms with Crippen LogP contribution in [0.1, 0.15) is 29.2 Å². The molecule has 2 rings (SSSR count). The molecule has 0 aliphatic rings. The van der Waals surface area contributed by atoms with E-state index in [0.717, 1.165) is 11.1 Å². The van der Waals surface area contributed by atoms with Crippen LogP contribution >= 0.6 is 0 Å². The van der Waals surface area contributed by atoms with E-state index in [0.29, 0.717) is 5.56 Å². The molecule has 20 heavy (non-hydrogen) atoms. The summed E-state index contributed by atoms with van der Waals surface area (Å²) in [5.74, 6) is -1.26. The third-order valence-corrected chi connectivity index (χ3v) is 3.71. The van der Waals surface area contributed by atoms with Crippen molar-refractivity contribution in [3.63, 3.8) is 0 Å². The molecular weight excluding hydrogens is 258 g/mol. The molecule has 106 valence electrons. The highest BCUT2D eigenvalue weighted by molar-refractivity contribution is 5.34. The fraction of sp³-hybridized carbons (Fsp3) is 0.294. The molecule has 0 aliphatic heterocycles. The van der Waals surface area contributed by atoms with Crippen LogP contribution in [-0.4, -0.2) is 5.11 Å². The number of aryl methyl sites for hydroxylation is 2. The average Bonchev–Trinajstić information content (AvgIpc) is 2.37. The molecule has 0 bridgehead atoms. The van der Waals surface area contributed by atoms with Crippen molar-refractivity contribution in [3.05, 3.63) is 70.3 Å². The smallest absolute Gasteiger partial charge is 0.129 e. The molecule has 0 fully saturated rings. The second-order valence-corrected chi connectivity index (χ2v) is 5.45. The maximum atomic E-state index is 13.7. The van der Waals surface area contributed by atoms with E-state index in [9.17, 15) is 13.9 Å². The van der Waals surface area contributed by atoms with Crippen LogP contribution in [0.25, 0.3) is 0 Å². The van der Waals surface area contributed by atoms with Gasteiger partial charge in [-0.25, -0.2) is 8.78 Å². The van der Waals surface area contributed by atoms with Gasteiger partial charge in [0.25, 0.3) is 0 Å². The summed E-state index contributed by atoms with van der Waals surface area (Å²) < 4.78 is 27.4. The molecule has 1 N–H and O–H groups in total. The number of aliphatic hydroxyl groups is 1. The summed E-state index contributed by atoms with van der Waals surface area (Å²) in [6, 6.07) is 9.27. The van der Waals surface area contributed by atoms with Crippen molar-refractivity contribution in [2.45, 2.75) is 32.8 Å². The van der Waals surface area contributed by atoms with Gasteiger partial charge in [0.15, 0.2) is 0 Å². The molecule has 0 amide bonds. The van der Waals surface area contributed by atoms with Gasteiger partial charge in [-0.2, -0.15) is 0 Å². The van der Waals surface area contributed by atoms with Gasteiger partial charge in [0.2, 0.25) is 0 Å². The summed E-state index contributed by atoms with van der Waals surface area (Å²) >= 11 is 0. The summed E-state index contributed by atoms with van der Waals surface area (Å²) in [6.45, 7) is 5.49. The van der Waals surface area contributed by atoms with Gasteiger partial charge in [-0.05, 0) is 49.6 Å². The van der Waals surface area contributed by atoms with Crippen molar-refractivity contribution in [2.24, 2.45) is 0 Å². The van der Waals surface area contributed by atoms with Gasteiger partial charge in [0, 0.05) is 12.0 Å². The molecule has 0 saturated carbocycles. The first-order valence-corrected chi connectivity index (χ1v) is 6.54. The van der Waals surface area contributed by atoms with Crippen molar-refractivity contribution < 1.29 is 13.9 Å². The van der Waals surface area contributed by atoms with Crippen molar-refractivity contribution >= 4 is 0 Å². The average molecular weight is 276 g/mol. The van der Waals surface area contributed by atoms with Gasteiger partial charge < -0.3 is 5.11 Å². The van der Waals surface area contributed by atoms with Crippen molar-refractivity contribution in [2.75, 3.05) is 0 Å². The molecule has 0 heterocycles. The quantitative estimate of drug-likeness (QED) is 0.897.